The first kappa shape index (κ1) is 29.7. The van der Waals surface area contributed by atoms with E-state index in [9.17, 15) is 24.9 Å². The number of nitrogens with one attached hydrogen (secondary N) is 2. The molecule has 0 bridgehead atoms. The van der Waals surface area contributed by atoms with Gasteiger partial charge in [0.05, 0.1) is 17.3 Å². The maximum Gasteiger partial charge on any atom is 0.331 e. The van der Waals surface area contributed by atoms with Gasteiger partial charge in [0.15, 0.2) is 0 Å². The van der Waals surface area contributed by atoms with Gasteiger partial charge in [-0.15, -0.1) is 0 Å². The van der Waals surface area contributed by atoms with Gasteiger partial charge in [0.1, 0.15) is 6.61 Å². The number of aromatic nitrogens is 1. The van der Waals surface area contributed by atoms with Gasteiger partial charge in [0.25, 0.3) is 0 Å². The Morgan fingerprint density at radius 2 is 1.93 bits per heavy atom. The van der Waals surface area contributed by atoms with Crippen LogP contribution in [0.1, 0.15) is 83.1 Å². The molecular formula is C35H45N3O6. The molecule has 4 fully saturated rings. The Hall–Kier alpha value is -3.01. The number of benzene rings is 1. The molecule has 9 nitrogen and oxygen atoms in total. The van der Waals surface area contributed by atoms with Crippen molar-refractivity contribution in [2.24, 2.45) is 33.7 Å². The maximum absolute atomic E-state index is 12.9. The molecule has 1 amide bonds. The lowest BCUT2D eigenvalue weighted by atomic mass is 9.41. The topological polar surface area (TPSA) is 144 Å². The monoisotopic (exact) mass is 603 g/mol. The van der Waals surface area contributed by atoms with Gasteiger partial charge in [-0.3, -0.25) is 4.79 Å². The molecule has 9 heteroatoms. The number of H-pyrrole nitrogens is 1. The average molecular weight is 604 g/mol. The number of hydrogen-bond donors (Lipinski definition) is 5. The number of aliphatic hydroxyl groups excluding tert-OH is 1. The summed E-state index contributed by atoms with van der Waals surface area (Å²) in [5, 5.41) is 41.0. The van der Waals surface area contributed by atoms with Gasteiger partial charge in [-0.05, 0) is 99.2 Å². The Morgan fingerprint density at radius 3 is 2.75 bits per heavy atom. The van der Waals surface area contributed by atoms with E-state index in [1.54, 1.807) is 12.3 Å². The van der Waals surface area contributed by atoms with Crippen LogP contribution in [0.4, 0.5) is 0 Å². The lowest BCUT2D eigenvalue weighted by Gasteiger charge is -2.65. The van der Waals surface area contributed by atoms with Crippen molar-refractivity contribution < 1.29 is 29.6 Å². The summed E-state index contributed by atoms with van der Waals surface area (Å²) in [6.07, 6.45) is 12.1. The zero-order chi connectivity index (χ0) is 30.7. The molecule has 236 valence electrons. The maximum atomic E-state index is 12.9. The SMILES string of the molecule is CC12CC[C@H]3[C@@H](CCC4(O)C[C@H](O)CCC34C=NNC(=O)CCCc3c[nH]c4ccccc34)C1(O)CCC2C1=CC(=O)OC1. The number of fused-ring (bicyclic) bond motifs is 6. The van der Waals surface area contributed by atoms with Crippen LogP contribution in [0, 0.1) is 28.6 Å². The van der Waals surface area contributed by atoms with Crippen LogP contribution < -0.4 is 5.43 Å². The molecule has 1 aliphatic heterocycles. The first-order valence-corrected chi connectivity index (χ1v) is 16.5. The molecule has 5 unspecified atom stereocenters. The second-order valence-electron chi connectivity index (χ2n) is 14.5. The molecule has 1 aromatic heterocycles. The summed E-state index contributed by atoms with van der Waals surface area (Å²) < 4.78 is 5.25. The molecule has 0 saturated heterocycles. The highest BCUT2D eigenvalue weighted by molar-refractivity contribution is 5.85. The quantitative estimate of drug-likeness (QED) is 0.181. The molecule has 7 rings (SSSR count). The number of hydrazone groups is 1. The lowest BCUT2D eigenvalue weighted by Crippen LogP contribution is -2.68. The van der Waals surface area contributed by atoms with E-state index in [1.807, 2.05) is 24.4 Å². The second kappa shape index (κ2) is 10.8. The molecule has 5 aliphatic rings. The number of cyclic esters (lactones) is 1. The highest BCUT2D eigenvalue weighted by Gasteiger charge is 2.71. The van der Waals surface area contributed by atoms with Crippen molar-refractivity contribution in [3.8, 4) is 0 Å². The van der Waals surface area contributed by atoms with E-state index >= 15 is 0 Å². The minimum absolute atomic E-state index is 0.0384. The van der Waals surface area contributed by atoms with Crippen LogP contribution in [-0.4, -0.2) is 62.3 Å². The molecule has 4 saturated carbocycles. The van der Waals surface area contributed by atoms with Crippen molar-refractivity contribution in [3.05, 3.63) is 47.7 Å². The van der Waals surface area contributed by atoms with Crippen molar-refractivity contribution in [3.63, 3.8) is 0 Å². The normalized spacial score (nSPS) is 39.9. The molecule has 0 radical (unpaired) electrons. The number of ether oxygens (including phenoxy) is 1. The Bertz CT molecular complexity index is 1520. The van der Waals surface area contributed by atoms with Crippen LogP contribution >= 0.6 is 0 Å². The first-order valence-electron chi connectivity index (χ1n) is 16.5. The summed E-state index contributed by atoms with van der Waals surface area (Å²) in [4.78, 5) is 28.0. The molecule has 2 aromatic rings. The van der Waals surface area contributed by atoms with Crippen LogP contribution in [0.25, 0.3) is 10.9 Å². The number of rotatable bonds is 7. The zero-order valence-corrected chi connectivity index (χ0v) is 25.6. The van der Waals surface area contributed by atoms with Gasteiger partial charge in [-0.2, -0.15) is 5.10 Å². The third-order valence-electron chi connectivity index (χ3n) is 12.6. The number of nitrogens with zero attached hydrogens (tertiary/aromatic N) is 1. The minimum Gasteiger partial charge on any atom is -0.458 e. The Labute approximate surface area is 258 Å². The Balaban J connectivity index is 1.08. The van der Waals surface area contributed by atoms with Crippen molar-refractivity contribution in [1.82, 2.24) is 10.4 Å². The van der Waals surface area contributed by atoms with Crippen molar-refractivity contribution >= 4 is 29.0 Å². The van der Waals surface area contributed by atoms with E-state index in [4.69, 9.17) is 4.74 Å². The minimum atomic E-state index is -1.16. The van der Waals surface area contributed by atoms with Crippen LogP contribution in [0.3, 0.4) is 0 Å². The van der Waals surface area contributed by atoms with E-state index in [0.29, 0.717) is 51.6 Å². The van der Waals surface area contributed by atoms with Crippen molar-refractivity contribution in [1.29, 1.82) is 0 Å². The molecule has 2 heterocycles. The number of carbonyl (C=O) groups is 2. The fourth-order valence-corrected chi connectivity index (χ4v) is 10.4. The number of para-hydroxylation sites is 1. The van der Waals surface area contributed by atoms with Gasteiger partial charge in [0, 0.05) is 53.1 Å². The number of aliphatic hydroxyl groups is 3. The highest BCUT2D eigenvalue weighted by atomic mass is 16.5. The fourth-order valence-electron chi connectivity index (χ4n) is 10.4. The Morgan fingerprint density at radius 1 is 1.11 bits per heavy atom. The summed E-state index contributed by atoms with van der Waals surface area (Å²) in [7, 11) is 0. The van der Waals surface area contributed by atoms with Crippen LogP contribution in [-0.2, 0) is 20.7 Å². The van der Waals surface area contributed by atoms with E-state index in [-0.39, 0.29) is 36.1 Å². The van der Waals surface area contributed by atoms with Gasteiger partial charge < -0.3 is 25.0 Å². The molecule has 44 heavy (non-hydrogen) atoms. The van der Waals surface area contributed by atoms with Crippen molar-refractivity contribution in [2.45, 2.75) is 101 Å². The van der Waals surface area contributed by atoms with Crippen molar-refractivity contribution in [2.75, 3.05) is 6.61 Å². The molecule has 4 aliphatic carbocycles. The van der Waals surface area contributed by atoms with Gasteiger partial charge in [0.2, 0.25) is 5.91 Å². The van der Waals surface area contributed by atoms with Gasteiger partial charge >= 0.3 is 5.97 Å². The molecule has 5 N–H and O–H groups in total. The molecule has 1 aromatic carbocycles. The number of esters is 1. The summed E-state index contributed by atoms with van der Waals surface area (Å²) in [5.41, 5.74) is 2.75. The third kappa shape index (κ3) is 4.49. The number of aryl methyl sites for hydroxylation is 1. The largest absolute Gasteiger partial charge is 0.458 e. The zero-order valence-electron chi connectivity index (χ0n) is 25.6. The van der Waals surface area contributed by atoms with Gasteiger partial charge in [-0.1, -0.05) is 25.1 Å². The number of carbonyl (C=O) groups excluding carboxylic acids is 2. The van der Waals surface area contributed by atoms with E-state index < -0.39 is 28.1 Å². The number of aromatic amines is 1. The van der Waals surface area contributed by atoms with E-state index in [0.717, 1.165) is 36.8 Å². The van der Waals surface area contributed by atoms with Gasteiger partial charge in [-0.25, -0.2) is 10.2 Å². The molecule has 8 atom stereocenters. The van der Waals surface area contributed by atoms with Crippen LogP contribution in [0.15, 0.2) is 47.2 Å². The summed E-state index contributed by atoms with van der Waals surface area (Å²) in [6, 6.07) is 8.14. The van der Waals surface area contributed by atoms with Crippen LogP contribution in [0.5, 0.6) is 0 Å². The van der Waals surface area contributed by atoms with E-state index in [1.165, 1.54) is 10.9 Å². The smallest absolute Gasteiger partial charge is 0.331 e. The predicted octanol–water partition coefficient (Wildman–Crippen LogP) is 4.31. The number of hydrogen-bond acceptors (Lipinski definition) is 7. The third-order valence-corrected chi connectivity index (χ3v) is 12.6. The van der Waals surface area contributed by atoms with Crippen LogP contribution in [0.2, 0.25) is 0 Å². The molecular weight excluding hydrogens is 558 g/mol. The number of amides is 1. The summed E-state index contributed by atoms with van der Waals surface area (Å²) >= 11 is 0. The fraction of sp³-hybridized carbons (Fsp3) is 0.629. The second-order valence-corrected chi connectivity index (χ2v) is 14.5. The lowest BCUT2D eigenvalue weighted by molar-refractivity contribution is -0.237. The Kier molecular flexibility index (Phi) is 7.29. The summed E-state index contributed by atoms with van der Waals surface area (Å²) in [6.45, 7) is 2.48. The average Bonchev–Trinajstić information content (AvgIpc) is 3.68. The predicted molar refractivity (Wildman–Crippen MR) is 165 cm³/mol. The summed E-state index contributed by atoms with van der Waals surface area (Å²) in [5.74, 6) is -0.477. The van der Waals surface area contributed by atoms with E-state index in [2.05, 4.69) is 28.5 Å². The first-order chi connectivity index (χ1) is 21.1. The molecule has 0 spiro atoms. The standard InChI is InChI=1S/C35H45N3O6/c1-32-13-10-27-28(35(32,43)16-12-26(32)23-17-31(41)44-20-23)11-15-34(42)18-24(39)9-14-33(27,34)21-37-38-30(40)8-4-5-22-19-36-29-7-3-2-6-25(22)29/h2-3,6-7,17,19,21,24,26-28,36,39,42-43H,4-5,8-16,18,20H2,1H3,(H,38,40)/t24-,26?,27+,28-,32?,33?,34?,35?/m1/s1. The highest BCUT2D eigenvalue weighted by Crippen LogP contribution is 2.70.